The van der Waals surface area contributed by atoms with E-state index in [1.54, 1.807) is 29.2 Å². The normalized spacial score (nSPS) is 30.5. The number of carboxylic acids is 1. The van der Waals surface area contributed by atoms with Crippen LogP contribution in [0.3, 0.4) is 0 Å². The molecule has 7 nitrogen and oxygen atoms in total. The lowest BCUT2D eigenvalue weighted by Crippen LogP contribution is -2.50. The molecule has 7 rings (SSSR count). The molecule has 0 aromatic heterocycles. The van der Waals surface area contributed by atoms with Gasteiger partial charge in [0.05, 0.1) is 11.3 Å². The van der Waals surface area contributed by atoms with Gasteiger partial charge in [-0.1, -0.05) is 23.4 Å². The standard InChI is InChI=1S/C30H32ClN3O4S/c31-22-3-7-24(8-4-22)33-29-34(10-9-30-15-18-11-19(16-30)13-20(12-18)17-30)26(35)14-25(39-29)27(36)32-23-5-1-21(2-6-23)28(37)38/h1-8,18-20,25H,9-17H2,(H,32,36)(H,37,38)/t18?,19?,20?,25-,30?/m1/s1. The number of amidine groups is 1. The van der Waals surface area contributed by atoms with Crippen molar-refractivity contribution in [1.29, 1.82) is 0 Å². The van der Waals surface area contributed by atoms with Gasteiger partial charge in [0, 0.05) is 23.7 Å². The van der Waals surface area contributed by atoms with Crippen molar-refractivity contribution in [2.24, 2.45) is 28.2 Å². The van der Waals surface area contributed by atoms with Crippen molar-refractivity contribution >= 4 is 57.7 Å². The topological polar surface area (TPSA) is 99.1 Å². The molecule has 9 heteroatoms. The summed E-state index contributed by atoms with van der Waals surface area (Å²) in [6.45, 7) is 0.620. The zero-order valence-corrected chi connectivity index (χ0v) is 23.2. The van der Waals surface area contributed by atoms with E-state index in [1.807, 2.05) is 12.1 Å². The van der Waals surface area contributed by atoms with Crippen LogP contribution in [0.25, 0.3) is 0 Å². The zero-order valence-electron chi connectivity index (χ0n) is 21.6. The Hall–Kier alpha value is -2.84. The van der Waals surface area contributed by atoms with E-state index in [-0.39, 0.29) is 23.8 Å². The molecule has 5 fully saturated rings. The van der Waals surface area contributed by atoms with E-state index in [9.17, 15) is 14.4 Å². The van der Waals surface area contributed by atoms with Gasteiger partial charge in [-0.15, -0.1) is 0 Å². The Morgan fingerprint density at radius 2 is 1.62 bits per heavy atom. The molecule has 1 saturated heterocycles. The number of carbonyl (C=O) groups is 3. The highest BCUT2D eigenvalue weighted by Crippen LogP contribution is 2.61. The Kier molecular flexibility index (Phi) is 7.18. The number of carboxylic acid groups (broad SMARTS) is 1. The summed E-state index contributed by atoms with van der Waals surface area (Å²) in [5.74, 6) is 1.12. The van der Waals surface area contributed by atoms with E-state index in [2.05, 4.69) is 5.32 Å². The van der Waals surface area contributed by atoms with Gasteiger partial charge in [0.15, 0.2) is 5.17 Å². The van der Waals surface area contributed by atoms with E-state index >= 15 is 0 Å². The lowest BCUT2D eigenvalue weighted by molar-refractivity contribution is -0.130. The van der Waals surface area contributed by atoms with Crippen LogP contribution in [-0.2, 0) is 9.59 Å². The highest BCUT2D eigenvalue weighted by atomic mass is 35.5. The molecule has 1 aliphatic heterocycles. The van der Waals surface area contributed by atoms with Gasteiger partial charge in [-0.25, -0.2) is 9.79 Å². The van der Waals surface area contributed by atoms with Crippen molar-refractivity contribution in [2.75, 3.05) is 11.9 Å². The van der Waals surface area contributed by atoms with Crippen LogP contribution in [0.2, 0.25) is 5.02 Å². The van der Waals surface area contributed by atoms with E-state index < -0.39 is 11.2 Å². The fourth-order valence-electron chi connectivity index (χ4n) is 7.55. The molecular formula is C30H32ClN3O4S. The Labute approximate surface area is 237 Å². The minimum Gasteiger partial charge on any atom is -0.478 e. The SMILES string of the molecule is O=C(O)c1ccc(NC(=O)[C@H]2CC(=O)N(CCC34CC5CC(CC(C5)C3)C4)C(=Nc3ccc(Cl)cc3)S2)cc1. The number of amides is 2. The number of halogens is 1. The summed E-state index contributed by atoms with van der Waals surface area (Å²) in [7, 11) is 0. The van der Waals surface area contributed by atoms with Gasteiger partial charge in [-0.2, -0.15) is 0 Å². The van der Waals surface area contributed by atoms with Crippen molar-refractivity contribution in [2.45, 2.75) is 56.6 Å². The van der Waals surface area contributed by atoms with Crippen molar-refractivity contribution < 1.29 is 19.5 Å². The molecule has 5 aliphatic rings. The Morgan fingerprint density at radius 1 is 1.00 bits per heavy atom. The highest BCUT2D eigenvalue weighted by molar-refractivity contribution is 8.15. The molecule has 0 radical (unpaired) electrons. The molecule has 2 aromatic rings. The maximum Gasteiger partial charge on any atom is 0.335 e. The fourth-order valence-corrected chi connectivity index (χ4v) is 8.80. The molecular weight excluding hydrogens is 534 g/mol. The number of carbonyl (C=O) groups excluding carboxylic acids is 2. The first kappa shape index (κ1) is 26.4. The van der Waals surface area contributed by atoms with Crippen LogP contribution < -0.4 is 5.32 Å². The van der Waals surface area contributed by atoms with Gasteiger partial charge < -0.3 is 10.4 Å². The third-order valence-electron chi connectivity index (χ3n) is 8.91. The number of thioether (sulfide) groups is 1. The number of aliphatic imine (C=N–C) groups is 1. The van der Waals surface area contributed by atoms with Gasteiger partial charge in [0.2, 0.25) is 11.8 Å². The molecule has 1 atom stereocenters. The maximum absolute atomic E-state index is 13.5. The van der Waals surface area contributed by atoms with Gasteiger partial charge >= 0.3 is 5.97 Å². The second-order valence-corrected chi connectivity index (χ2v) is 13.4. The minimum absolute atomic E-state index is 0.0875. The third kappa shape index (κ3) is 5.73. The molecule has 4 bridgehead atoms. The first-order valence-corrected chi connectivity index (χ1v) is 15.0. The largest absolute Gasteiger partial charge is 0.478 e. The van der Waals surface area contributed by atoms with E-state index in [0.29, 0.717) is 33.5 Å². The Morgan fingerprint density at radius 3 is 2.21 bits per heavy atom. The summed E-state index contributed by atoms with van der Waals surface area (Å²) in [5.41, 5.74) is 1.64. The number of hydrogen-bond acceptors (Lipinski definition) is 5. The van der Waals surface area contributed by atoms with Crippen LogP contribution in [0.5, 0.6) is 0 Å². The van der Waals surface area contributed by atoms with Crippen LogP contribution >= 0.6 is 23.4 Å². The number of hydrogen-bond donors (Lipinski definition) is 2. The lowest BCUT2D eigenvalue weighted by Gasteiger charge is -2.57. The second-order valence-electron chi connectivity index (χ2n) is 11.8. The molecule has 2 N–H and O–H groups in total. The van der Waals surface area contributed by atoms with Gasteiger partial charge in [-0.3, -0.25) is 14.5 Å². The maximum atomic E-state index is 13.5. The molecule has 39 heavy (non-hydrogen) atoms. The summed E-state index contributed by atoms with van der Waals surface area (Å²) in [4.78, 5) is 44.4. The lowest BCUT2D eigenvalue weighted by atomic mass is 9.49. The minimum atomic E-state index is -1.03. The summed E-state index contributed by atoms with van der Waals surface area (Å²) >= 11 is 7.38. The number of benzene rings is 2. The van der Waals surface area contributed by atoms with Crippen LogP contribution in [0.1, 0.15) is 61.7 Å². The van der Waals surface area contributed by atoms with E-state index in [0.717, 1.165) is 24.2 Å². The van der Waals surface area contributed by atoms with Crippen LogP contribution in [0, 0.1) is 23.2 Å². The first-order valence-electron chi connectivity index (χ1n) is 13.7. The van der Waals surface area contributed by atoms with Crippen molar-refractivity contribution in [3.8, 4) is 0 Å². The van der Waals surface area contributed by atoms with Crippen LogP contribution in [-0.4, -0.2) is 44.8 Å². The summed E-state index contributed by atoms with van der Waals surface area (Å²) in [6, 6.07) is 13.1. The predicted molar refractivity (Wildman–Crippen MR) is 154 cm³/mol. The number of nitrogens with zero attached hydrogens (tertiary/aromatic N) is 2. The zero-order chi connectivity index (χ0) is 27.1. The molecule has 0 spiro atoms. The summed E-state index contributed by atoms with van der Waals surface area (Å²) in [5, 5.41) is 12.5. The quantitative estimate of drug-likeness (QED) is 0.394. The average molecular weight is 566 g/mol. The van der Waals surface area contributed by atoms with Gasteiger partial charge in [0.1, 0.15) is 5.25 Å². The smallest absolute Gasteiger partial charge is 0.335 e. The number of nitrogens with one attached hydrogen (secondary N) is 1. The molecule has 204 valence electrons. The average Bonchev–Trinajstić information content (AvgIpc) is 2.89. The molecule has 2 amide bonds. The molecule has 1 heterocycles. The fraction of sp³-hybridized carbons (Fsp3) is 0.467. The summed E-state index contributed by atoms with van der Waals surface area (Å²) < 4.78 is 0. The van der Waals surface area contributed by atoms with E-state index in [1.165, 1.54) is 62.4 Å². The van der Waals surface area contributed by atoms with Gasteiger partial charge in [-0.05, 0) is 117 Å². The molecule has 2 aromatic carbocycles. The van der Waals surface area contributed by atoms with Gasteiger partial charge in [0.25, 0.3) is 0 Å². The second kappa shape index (κ2) is 10.6. The number of aromatic carboxylic acids is 1. The van der Waals surface area contributed by atoms with Crippen LogP contribution in [0.4, 0.5) is 11.4 Å². The van der Waals surface area contributed by atoms with Crippen molar-refractivity contribution in [1.82, 2.24) is 4.90 Å². The molecule has 4 aliphatic carbocycles. The molecule has 0 unspecified atom stereocenters. The number of anilines is 1. The Bertz CT molecular complexity index is 1280. The first-order chi connectivity index (χ1) is 18.7. The van der Waals surface area contributed by atoms with E-state index in [4.69, 9.17) is 21.7 Å². The monoisotopic (exact) mass is 565 g/mol. The summed E-state index contributed by atoms with van der Waals surface area (Å²) in [6.07, 6.45) is 9.07. The predicted octanol–water partition coefficient (Wildman–Crippen LogP) is 6.61. The Balaban J connectivity index is 1.19. The van der Waals surface area contributed by atoms with Crippen LogP contribution in [0.15, 0.2) is 53.5 Å². The van der Waals surface area contributed by atoms with Crippen molar-refractivity contribution in [3.63, 3.8) is 0 Å². The molecule has 4 saturated carbocycles. The number of rotatable bonds is 7. The third-order valence-corrected chi connectivity index (χ3v) is 10.4. The van der Waals surface area contributed by atoms with Crippen molar-refractivity contribution in [3.05, 3.63) is 59.1 Å². The highest BCUT2D eigenvalue weighted by Gasteiger charge is 2.51.